The molecule has 0 aromatic heterocycles. The van der Waals surface area contributed by atoms with Crippen molar-refractivity contribution in [3.05, 3.63) is 0 Å². The van der Waals surface area contributed by atoms with Gasteiger partial charge >= 0.3 is 5.97 Å². The van der Waals surface area contributed by atoms with Gasteiger partial charge in [-0.25, -0.2) is 0 Å². The zero-order chi connectivity index (χ0) is 11.1. The van der Waals surface area contributed by atoms with Crippen LogP contribution in [0.15, 0.2) is 0 Å². The van der Waals surface area contributed by atoms with E-state index in [0.29, 0.717) is 13.0 Å². The van der Waals surface area contributed by atoms with Crippen LogP contribution in [0.4, 0.5) is 0 Å². The van der Waals surface area contributed by atoms with Gasteiger partial charge in [-0.2, -0.15) is 11.8 Å². The zero-order valence-electron chi connectivity index (χ0n) is 9.70. The molecule has 1 atom stereocenters. The molecule has 1 heterocycles. The number of ether oxygens (including phenoxy) is 1. The lowest BCUT2D eigenvalue weighted by Crippen LogP contribution is -2.38. The quantitative estimate of drug-likeness (QED) is 0.674. The maximum absolute atomic E-state index is 11.2. The Morgan fingerprint density at radius 2 is 2.33 bits per heavy atom. The van der Waals surface area contributed by atoms with Crippen molar-refractivity contribution in [1.29, 1.82) is 0 Å². The summed E-state index contributed by atoms with van der Waals surface area (Å²) < 4.78 is 4.92. The second-order valence-corrected chi connectivity index (χ2v) is 5.16. The molecule has 1 fully saturated rings. The van der Waals surface area contributed by atoms with Crippen molar-refractivity contribution >= 4 is 17.7 Å². The van der Waals surface area contributed by atoms with Crippen LogP contribution >= 0.6 is 11.8 Å². The first-order valence-electron chi connectivity index (χ1n) is 5.75. The molecule has 1 saturated heterocycles. The first-order valence-corrected chi connectivity index (χ1v) is 6.80. The fourth-order valence-electron chi connectivity index (χ4n) is 1.71. The average Bonchev–Trinajstić information content (AvgIpc) is 2.27. The number of carbonyl (C=O) groups excluding carboxylic acids is 1. The minimum absolute atomic E-state index is 0.0659. The van der Waals surface area contributed by atoms with E-state index < -0.39 is 0 Å². The standard InChI is InChI=1S/C11H21NO2S/c1-3-10-9-12(7-8-15-10)6-5-11(13)14-4-2/h10H,3-9H2,1-2H3. The predicted molar refractivity (Wildman–Crippen MR) is 64.2 cm³/mol. The SMILES string of the molecule is CCOC(=O)CCN1CCSC(CC)C1. The third kappa shape index (κ3) is 4.89. The molecular formula is C11H21NO2S. The molecule has 1 aliphatic heterocycles. The van der Waals surface area contributed by atoms with Gasteiger partial charge in [-0.15, -0.1) is 0 Å². The highest BCUT2D eigenvalue weighted by atomic mass is 32.2. The highest BCUT2D eigenvalue weighted by Crippen LogP contribution is 2.20. The van der Waals surface area contributed by atoms with Gasteiger partial charge in [0.1, 0.15) is 0 Å². The fraction of sp³-hybridized carbons (Fsp3) is 0.909. The van der Waals surface area contributed by atoms with Crippen molar-refractivity contribution in [2.24, 2.45) is 0 Å². The largest absolute Gasteiger partial charge is 0.466 e. The van der Waals surface area contributed by atoms with Gasteiger partial charge in [0, 0.05) is 30.6 Å². The number of rotatable bonds is 5. The molecule has 0 saturated carbocycles. The number of carbonyl (C=O) groups is 1. The molecule has 0 N–H and O–H groups in total. The third-order valence-corrected chi connectivity index (χ3v) is 3.99. The van der Waals surface area contributed by atoms with Gasteiger partial charge in [-0.3, -0.25) is 4.79 Å². The van der Waals surface area contributed by atoms with Crippen molar-refractivity contribution in [3.63, 3.8) is 0 Å². The summed E-state index contributed by atoms with van der Waals surface area (Å²) in [5, 5.41) is 0.751. The lowest BCUT2D eigenvalue weighted by Gasteiger charge is -2.31. The Morgan fingerprint density at radius 1 is 1.53 bits per heavy atom. The monoisotopic (exact) mass is 231 g/mol. The highest BCUT2D eigenvalue weighted by molar-refractivity contribution is 8.00. The Bertz CT molecular complexity index is 199. The minimum Gasteiger partial charge on any atom is -0.466 e. The Balaban J connectivity index is 2.17. The topological polar surface area (TPSA) is 29.5 Å². The zero-order valence-corrected chi connectivity index (χ0v) is 10.5. The van der Waals surface area contributed by atoms with Crippen molar-refractivity contribution < 1.29 is 9.53 Å². The van der Waals surface area contributed by atoms with Crippen LogP contribution < -0.4 is 0 Å². The summed E-state index contributed by atoms with van der Waals surface area (Å²) in [7, 11) is 0. The van der Waals surface area contributed by atoms with Gasteiger partial charge in [0.15, 0.2) is 0 Å². The van der Waals surface area contributed by atoms with E-state index in [9.17, 15) is 4.79 Å². The number of hydrogen-bond acceptors (Lipinski definition) is 4. The Morgan fingerprint density at radius 3 is 3.00 bits per heavy atom. The number of esters is 1. The summed E-state index contributed by atoms with van der Waals surface area (Å²) in [5.41, 5.74) is 0. The normalized spacial score (nSPS) is 22.7. The molecule has 0 aromatic rings. The summed E-state index contributed by atoms with van der Waals surface area (Å²) in [4.78, 5) is 13.6. The van der Waals surface area contributed by atoms with Crippen LogP contribution in [0, 0.1) is 0 Å². The Labute approximate surface area is 96.5 Å². The maximum atomic E-state index is 11.2. The fourth-order valence-corrected chi connectivity index (χ4v) is 2.96. The summed E-state index contributed by atoms with van der Waals surface area (Å²) in [5.74, 6) is 1.13. The van der Waals surface area contributed by atoms with Gasteiger partial charge in [0.05, 0.1) is 13.0 Å². The number of hydrogen-bond donors (Lipinski definition) is 0. The molecular weight excluding hydrogens is 210 g/mol. The molecule has 0 aromatic carbocycles. The van der Waals surface area contributed by atoms with Crippen LogP contribution in [0.25, 0.3) is 0 Å². The molecule has 15 heavy (non-hydrogen) atoms. The first kappa shape index (κ1) is 12.8. The van der Waals surface area contributed by atoms with E-state index >= 15 is 0 Å². The molecule has 4 heteroatoms. The van der Waals surface area contributed by atoms with Crippen molar-refractivity contribution in [1.82, 2.24) is 4.90 Å². The molecule has 1 unspecified atom stereocenters. The third-order valence-electron chi connectivity index (χ3n) is 2.62. The smallest absolute Gasteiger partial charge is 0.307 e. The van der Waals surface area contributed by atoms with Crippen molar-refractivity contribution in [2.75, 3.05) is 32.0 Å². The van der Waals surface area contributed by atoms with E-state index in [-0.39, 0.29) is 5.97 Å². The van der Waals surface area contributed by atoms with E-state index in [1.54, 1.807) is 0 Å². The van der Waals surface area contributed by atoms with E-state index in [0.717, 1.165) is 24.9 Å². The molecule has 88 valence electrons. The molecule has 3 nitrogen and oxygen atoms in total. The van der Waals surface area contributed by atoms with Crippen molar-refractivity contribution in [3.8, 4) is 0 Å². The van der Waals surface area contributed by atoms with E-state index in [1.165, 1.54) is 12.2 Å². The number of nitrogens with zero attached hydrogens (tertiary/aromatic N) is 1. The van der Waals surface area contributed by atoms with Gasteiger partial charge in [-0.1, -0.05) is 6.92 Å². The Hall–Kier alpha value is -0.220. The second kappa shape index (κ2) is 7.12. The highest BCUT2D eigenvalue weighted by Gasteiger charge is 2.19. The molecule has 0 bridgehead atoms. The lowest BCUT2D eigenvalue weighted by molar-refractivity contribution is -0.143. The minimum atomic E-state index is -0.0659. The predicted octanol–water partition coefficient (Wildman–Crippen LogP) is 1.77. The van der Waals surface area contributed by atoms with Gasteiger partial charge in [0.2, 0.25) is 0 Å². The maximum Gasteiger partial charge on any atom is 0.307 e. The van der Waals surface area contributed by atoms with E-state index in [4.69, 9.17) is 4.74 Å². The summed E-state index contributed by atoms with van der Waals surface area (Å²) >= 11 is 2.05. The van der Waals surface area contributed by atoms with Crippen molar-refractivity contribution in [2.45, 2.75) is 31.9 Å². The van der Waals surface area contributed by atoms with Crippen LogP contribution in [0.1, 0.15) is 26.7 Å². The molecule has 0 spiro atoms. The molecule has 0 aliphatic carbocycles. The summed E-state index contributed by atoms with van der Waals surface area (Å²) in [6, 6.07) is 0. The van der Waals surface area contributed by atoms with Crippen LogP contribution in [0.2, 0.25) is 0 Å². The van der Waals surface area contributed by atoms with Crippen LogP contribution in [0.5, 0.6) is 0 Å². The molecule has 0 amide bonds. The first-order chi connectivity index (χ1) is 7.26. The molecule has 1 rings (SSSR count). The molecule has 0 radical (unpaired) electrons. The Kier molecular flexibility index (Phi) is 6.10. The summed E-state index contributed by atoms with van der Waals surface area (Å²) in [6.45, 7) is 7.67. The van der Waals surface area contributed by atoms with E-state index in [1.807, 2.05) is 6.92 Å². The van der Waals surface area contributed by atoms with Gasteiger partial charge < -0.3 is 9.64 Å². The second-order valence-electron chi connectivity index (χ2n) is 3.76. The summed E-state index contributed by atoms with van der Waals surface area (Å²) in [6.07, 6.45) is 1.76. The average molecular weight is 231 g/mol. The molecule has 1 aliphatic rings. The van der Waals surface area contributed by atoms with Crippen LogP contribution in [-0.4, -0.2) is 48.1 Å². The van der Waals surface area contributed by atoms with E-state index in [2.05, 4.69) is 23.6 Å². The number of thioether (sulfide) groups is 1. The lowest BCUT2D eigenvalue weighted by atomic mass is 10.3. The van der Waals surface area contributed by atoms with Crippen LogP contribution in [0.3, 0.4) is 0 Å². The van der Waals surface area contributed by atoms with Gasteiger partial charge in [-0.05, 0) is 13.3 Å². The van der Waals surface area contributed by atoms with Crippen LogP contribution in [-0.2, 0) is 9.53 Å². The van der Waals surface area contributed by atoms with Gasteiger partial charge in [0.25, 0.3) is 0 Å².